The highest BCUT2D eigenvalue weighted by molar-refractivity contribution is 7.23. The third-order valence-electron chi connectivity index (χ3n) is 2.65. The van der Waals surface area contributed by atoms with Crippen LogP contribution in [0.4, 0.5) is 5.13 Å². The zero-order chi connectivity index (χ0) is 11.1. The van der Waals surface area contributed by atoms with Gasteiger partial charge in [0.25, 0.3) is 0 Å². The van der Waals surface area contributed by atoms with Gasteiger partial charge in [-0.2, -0.15) is 0 Å². The van der Waals surface area contributed by atoms with Crippen molar-refractivity contribution in [2.75, 3.05) is 19.0 Å². The molecule has 16 heavy (non-hydrogen) atoms. The molecule has 3 aromatic rings. The number of fused-ring (bicyclic) bond motifs is 3. The summed E-state index contributed by atoms with van der Waals surface area (Å²) in [5, 5.41) is 3.64. The molecule has 0 unspecified atom stereocenters. The lowest BCUT2D eigenvalue weighted by Crippen LogP contribution is -2.07. The summed E-state index contributed by atoms with van der Waals surface area (Å²) in [6.45, 7) is 0. The highest BCUT2D eigenvalue weighted by atomic mass is 32.1. The molecule has 0 radical (unpaired) electrons. The topological polar surface area (TPSA) is 16.1 Å². The number of hydrogen-bond donors (Lipinski definition) is 0. The number of thiazole rings is 1. The molecule has 2 aromatic carbocycles. The summed E-state index contributed by atoms with van der Waals surface area (Å²) in [5.74, 6) is 0. The van der Waals surface area contributed by atoms with Crippen LogP contribution in [-0.2, 0) is 0 Å². The second-order valence-electron chi connectivity index (χ2n) is 4.03. The quantitative estimate of drug-likeness (QED) is 0.633. The average molecular weight is 228 g/mol. The fourth-order valence-corrected chi connectivity index (χ4v) is 2.86. The zero-order valence-corrected chi connectivity index (χ0v) is 10.1. The van der Waals surface area contributed by atoms with Crippen molar-refractivity contribution in [2.45, 2.75) is 0 Å². The molecule has 1 aromatic heterocycles. The van der Waals surface area contributed by atoms with Crippen LogP contribution >= 0.6 is 11.3 Å². The molecule has 0 aliphatic carbocycles. The van der Waals surface area contributed by atoms with Crippen LogP contribution in [0.5, 0.6) is 0 Å². The van der Waals surface area contributed by atoms with Gasteiger partial charge in [-0.25, -0.2) is 4.98 Å². The van der Waals surface area contributed by atoms with Crippen LogP contribution in [0, 0.1) is 0 Å². The van der Waals surface area contributed by atoms with Gasteiger partial charge in [0.2, 0.25) is 0 Å². The molecule has 2 nitrogen and oxygen atoms in total. The smallest absolute Gasteiger partial charge is 0.185 e. The molecule has 0 fully saturated rings. The van der Waals surface area contributed by atoms with E-state index in [4.69, 9.17) is 0 Å². The molecule has 0 bridgehead atoms. The fraction of sp³-hybridized carbons (Fsp3) is 0.154. The lowest BCUT2D eigenvalue weighted by molar-refractivity contribution is 1.11. The highest BCUT2D eigenvalue weighted by Crippen LogP contribution is 2.33. The Labute approximate surface area is 98.1 Å². The van der Waals surface area contributed by atoms with E-state index in [-0.39, 0.29) is 0 Å². The predicted octanol–water partition coefficient (Wildman–Crippen LogP) is 3.52. The van der Waals surface area contributed by atoms with Gasteiger partial charge in [0.15, 0.2) is 5.13 Å². The van der Waals surface area contributed by atoms with Crippen LogP contribution in [0.25, 0.3) is 21.0 Å². The van der Waals surface area contributed by atoms with Crippen molar-refractivity contribution in [2.24, 2.45) is 0 Å². The number of nitrogens with zero attached hydrogens (tertiary/aromatic N) is 2. The van der Waals surface area contributed by atoms with Crippen LogP contribution in [0.3, 0.4) is 0 Å². The largest absolute Gasteiger partial charge is 0.354 e. The molecule has 1 heterocycles. The first-order valence-corrected chi connectivity index (χ1v) is 6.03. The SMILES string of the molecule is CN(C)c1nc2ccc3ccccc3c2s1. The average Bonchev–Trinajstić information content (AvgIpc) is 2.73. The second-order valence-corrected chi connectivity index (χ2v) is 5.00. The van der Waals surface area contributed by atoms with Crippen molar-refractivity contribution < 1.29 is 0 Å². The van der Waals surface area contributed by atoms with E-state index in [1.165, 1.54) is 15.5 Å². The minimum absolute atomic E-state index is 1.06. The van der Waals surface area contributed by atoms with E-state index in [9.17, 15) is 0 Å². The van der Waals surface area contributed by atoms with E-state index in [1.807, 2.05) is 14.1 Å². The van der Waals surface area contributed by atoms with Gasteiger partial charge in [0, 0.05) is 19.5 Å². The number of rotatable bonds is 1. The Kier molecular flexibility index (Phi) is 2.07. The van der Waals surface area contributed by atoms with Crippen molar-refractivity contribution in [1.29, 1.82) is 0 Å². The molecule has 3 heteroatoms. The number of benzene rings is 2. The van der Waals surface area contributed by atoms with E-state index >= 15 is 0 Å². The Morgan fingerprint density at radius 2 is 1.88 bits per heavy atom. The number of hydrogen-bond acceptors (Lipinski definition) is 3. The minimum Gasteiger partial charge on any atom is -0.354 e. The summed E-state index contributed by atoms with van der Waals surface area (Å²) in [5.41, 5.74) is 1.09. The van der Waals surface area contributed by atoms with Gasteiger partial charge in [-0.1, -0.05) is 41.7 Å². The van der Waals surface area contributed by atoms with Crippen LogP contribution < -0.4 is 4.90 Å². The second kappa shape index (κ2) is 3.46. The zero-order valence-electron chi connectivity index (χ0n) is 9.27. The van der Waals surface area contributed by atoms with Gasteiger partial charge in [-0.3, -0.25) is 0 Å². The highest BCUT2D eigenvalue weighted by Gasteiger charge is 2.07. The molecular weight excluding hydrogens is 216 g/mol. The first kappa shape index (κ1) is 9.60. The summed E-state index contributed by atoms with van der Waals surface area (Å²) in [6, 6.07) is 12.7. The Morgan fingerprint density at radius 3 is 2.69 bits per heavy atom. The van der Waals surface area contributed by atoms with Gasteiger partial charge in [-0.15, -0.1) is 0 Å². The Balaban J connectivity index is 2.41. The molecule has 0 saturated carbocycles. The summed E-state index contributed by atoms with van der Waals surface area (Å²) in [4.78, 5) is 6.66. The molecule has 0 spiro atoms. The lowest BCUT2D eigenvalue weighted by Gasteiger charge is -2.04. The van der Waals surface area contributed by atoms with Gasteiger partial charge >= 0.3 is 0 Å². The monoisotopic (exact) mass is 228 g/mol. The van der Waals surface area contributed by atoms with E-state index in [0.717, 1.165) is 10.6 Å². The van der Waals surface area contributed by atoms with Crippen LogP contribution in [0.15, 0.2) is 36.4 Å². The Bertz CT molecular complexity index is 655. The van der Waals surface area contributed by atoms with Crippen molar-refractivity contribution in [1.82, 2.24) is 4.98 Å². The summed E-state index contributed by atoms with van der Waals surface area (Å²) in [6.07, 6.45) is 0. The van der Waals surface area contributed by atoms with Gasteiger partial charge in [-0.05, 0) is 11.5 Å². The number of aromatic nitrogens is 1. The first-order valence-electron chi connectivity index (χ1n) is 5.21. The van der Waals surface area contributed by atoms with Gasteiger partial charge in [0.05, 0.1) is 10.2 Å². The predicted molar refractivity (Wildman–Crippen MR) is 71.5 cm³/mol. The molecule has 0 amide bonds. The molecule has 3 rings (SSSR count). The molecule has 80 valence electrons. The minimum atomic E-state index is 1.06. The van der Waals surface area contributed by atoms with Crippen LogP contribution in [0.1, 0.15) is 0 Å². The van der Waals surface area contributed by atoms with Gasteiger partial charge in [0.1, 0.15) is 0 Å². The molecule has 0 atom stereocenters. The maximum Gasteiger partial charge on any atom is 0.185 e. The summed E-state index contributed by atoms with van der Waals surface area (Å²) < 4.78 is 1.28. The van der Waals surface area contributed by atoms with Crippen molar-refractivity contribution in [3.05, 3.63) is 36.4 Å². The maximum absolute atomic E-state index is 4.61. The summed E-state index contributed by atoms with van der Waals surface area (Å²) >= 11 is 1.75. The molecule has 0 aliphatic heterocycles. The summed E-state index contributed by atoms with van der Waals surface area (Å²) in [7, 11) is 4.06. The Morgan fingerprint density at radius 1 is 1.06 bits per heavy atom. The first-order chi connectivity index (χ1) is 7.75. The van der Waals surface area contributed by atoms with E-state index in [2.05, 4.69) is 46.3 Å². The van der Waals surface area contributed by atoms with Crippen molar-refractivity contribution >= 4 is 37.5 Å². The van der Waals surface area contributed by atoms with Crippen LogP contribution in [0.2, 0.25) is 0 Å². The third-order valence-corrected chi connectivity index (χ3v) is 3.92. The molecule has 0 saturated heterocycles. The molecular formula is C13H12N2S. The van der Waals surface area contributed by atoms with Crippen molar-refractivity contribution in [3.63, 3.8) is 0 Å². The van der Waals surface area contributed by atoms with Crippen molar-refractivity contribution in [3.8, 4) is 0 Å². The number of anilines is 1. The molecule has 0 N–H and O–H groups in total. The maximum atomic E-state index is 4.61. The fourth-order valence-electron chi connectivity index (χ4n) is 1.84. The van der Waals surface area contributed by atoms with Gasteiger partial charge < -0.3 is 4.90 Å². The van der Waals surface area contributed by atoms with E-state index in [0.29, 0.717) is 0 Å². The molecule has 0 aliphatic rings. The Hall–Kier alpha value is -1.61. The third kappa shape index (κ3) is 1.36. The standard InChI is InChI=1S/C13H12N2S/c1-15(2)13-14-11-8-7-9-5-3-4-6-10(9)12(11)16-13/h3-8H,1-2H3. The lowest BCUT2D eigenvalue weighted by atomic mass is 10.1. The van der Waals surface area contributed by atoms with E-state index < -0.39 is 0 Å². The normalized spacial score (nSPS) is 11.1. The van der Waals surface area contributed by atoms with E-state index in [1.54, 1.807) is 11.3 Å². The van der Waals surface area contributed by atoms with Crippen LogP contribution in [-0.4, -0.2) is 19.1 Å².